The second-order valence-electron chi connectivity index (χ2n) is 10.0. The van der Waals surface area contributed by atoms with Gasteiger partial charge in [0.1, 0.15) is 10.0 Å². The summed E-state index contributed by atoms with van der Waals surface area (Å²) < 4.78 is 28.7. The van der Waals surface area contributed by atoms with Crippen LogP contribution in [0.15, 0.2) is 83.8 Å². The monoisotopic (exact) mass is 602 g/mol. The van der Waals surface area contributed by atoms with E-state index in [9.17, 15) is 13.2 Å². The van der Waals surface area contributed by atoms with Gasteiger partial charge in [-0.1, -0.05) is 37.3 Å². The maximum absolute atomic E-state index is 13.5. The number of fused-ring (bicyclic) bond motifs is 2. The fraction of sp³-hybridized carbons (Fsp3) is 0.226. The van der Waals surface area contributed by atoms with E-state index in [4.69, 9.17) is 4.98 Å². The summed E-state index contributed by atoms with van der Waals surface area (Å²) in [6.07, 6.45) is 2.01. The smallest absolute Gasteiger partial charge is 0.264 e. The standard InChI is InChI=1S/C31H30N4O3S3/c1-3-18-35-19-17-24-27(20-35)40-31(28(24)30-32-25-11-7-8-12-26(25)39-30)33-29(36)21-13-15-23(16-14-21)41(37,38)34(2)22-9-5-4-6-10-22/h4-16H,3,17-20H2,1-2H3,(H,33,36). The lowest BCUT2D eigenvalue weighted by Crippen LogP contribution is -2.30. The normalized spacial score (nSPS) is 13.7. The van der Waals surface area contributed by atoms with Gasteiger partial charge >= 0.3 is 0 Å². The van der Waals surface area contributed by atoms with Crippen LogP contribution in [0.25, 0.3) is 20.8 Å². The molecule has 6 rings (SSSR count). The van der Waals surface area contributed by atoms with Crippen molar-refractivity contribution in [1.82, 2.24) is 9.88 Å². The number of rotatable bonds is 8. The lowest BCUT2D eigenvalue weighted by molar-refractivity contribution is 0.102. The molecule has 1 N–H and O–H groups in total. The van der Waals surface area contributed by atoms with Crippen molar-refractivity contribution in [2.75, 3.05) is 29.8 Å². The average molecular weight is 603 g/mol. The molecule has 1 amide bonds. The Morgan fingerprint density at radius 2 is 1.73 bits per heavy atom. The second-order valence-corrected chi connectivity index (χ2v) is 14.1. The first kappa shape index (κ1) is 27.6. The fourth-order valence-corrected chi connectivity index (χ4v) is 8.74. The Morgan fingerprint density at radius 3 is 2.46 bits per heavy atom. The number of carbonyl (C=O) groups excluding carboxylic acids is 1. The average Bonchev–Trinajstić information content (AvgIpc) is 3.57. The highest BCUT2D eigenvalue weighted by atomic mass is 32.2. The number of anilines is 2. The number of sulfonamides is 1. The van der Waals surface area contributed by atoms with Crippen molar-refractivity contribution in [3.05, 3.63) is 94.9 Å². The number of hydrogen-bond donors (Lipinski definition) is 1. The molecule has 5 aromatic rings. The van der Waals surface area contributed by atoms with E-state index in [0.29, 0.717) is 11.3 Å². The van der Waals surface area contributed by atoms with Gasteiger partial charge in [-0.15, -0.1) is 22.7 Å². The third-order valence-electron chi connectivity index (χ3n) is 7.31. The van der Waals surface area contributed by atoms with Crippen LogP contribution in [0, 0.1) is 0 Å². The molecule has 7 nitrogen and oxygen atoms in total. The van der Waals surface area contributed by atoms with Crippen molar-refractivity contribution in [3.63, 3.8) is 0 Å². The summed E-state index contributed by atoms with van der Waals surface area (Å²) in [5.41, 5.74) is 4.18. The molecule has 1 aliphatic rings. The highest BCUT2D eigenvalue weighted by molar-refractivity contribution is 7.92. The van der Waals surface area contributed by atoms with E-state index >= 15 is 0 Å². The fourth-order valence-electron chi connectivity index (χ4n) is 5.15. The Balaban J connectivity index is 1.30. The Hall–Kier alpha value is -3.57. The van der Waals surface area contributed by atoms with E-state index in [0.717, 1.165) is 58.3 Å². The number of amides is 1. The summed E-state index contributed by atoms with van der Waals surface area (Å²) >= 11 is 3.26. The number of thiophene rings is 1. The van der Waals surface area contributed by atoms with E-state index in [1.807, 2.05) is 24.3 Å². The minimum absolute atomic E-state index is 0.123. The first-order chi connectivity index (χ1) is 19.8. The molecule has 0 spiro atoms. The van der Waals surface area contributed by atoms with Gasteiger partial charge in [0.25, 0.3) is 15.9 Å². The van der Waals surface area contributed by atoms with Crippen LogP contribution in [0.2, 0.25) is 0 Å². The molecule has 3 heterocycles. The highest BCUT2D eigenvalue weighted by Crippen LogP contribution is 2.45. The lowest BCUT2D eigenvalue weighted by Gasteiger charge is -2.26. The van der Waals surface area contributed by atoms with Gasteiger partial charge in [-0.25, -0.2) is 13.4 Å². The predicted molar refractivity (Wildman–Crippen MR) is 169 cm³/mol. The van der Waals surface area contributed by atoms with Crippen molar-refractivity contribution < 1.29 is 13.2 Å². The third kappa shape index (κ3) is 5.40. The van der Waals surface area contributed by atoms with E-state index in [1.165, 1.54) is 33.9 Å². The van der Waals surface area contributed by atoms with Gasteiger partial charge < -0.3 is 5.32 Å². The molecule has 0 atom stereocenters. The Labute approximate surface area is 248 Å². The number of nitrogens with one attached hydrogen (secondary N) is 1. The molecular weight excluding hydrogens is 573 g/mol. The van der Waals surface area contributed by atoms with Crippen molar-refractivity contribution >= 4 is 59.5 Å². The molecule has 210 valence electrons. The number of benzene rings is 3. The van der Waals surface area contributed by atoms with Crippen molar-refractivity contribution in [2.45, 2.75) is 31.2 Å². The summed E-state index contributed by atoms with van der Waals surface area (Å²) in [6.45, 7) is 5.09. The van der Waals surface area contributed by atoms with Crippen LogP contribution in [0.1, 0.15) is 34.1 Å². The number of para-hydroxylation sites is 2. The van der Waals surface area contributed by atoms with Crippen molar-refractivity contribution in [3.8, 4) is 10.6 Å². The van der Waals surface area contributed by atoms with Gasteiger partial charge in [0, 0.05) is 36.1 Å². The van der Waals surface area contributed by atoms with E-state index in [1.54, 1.807) is 59.1 Å². The largest absolute Gasteiger partial charge is 0.313 e. The first-order valence-corrected chi connectivity index (χ1v) is 16.6. The lowest BCUT2D eigenvalue weighted by atomic mass is 10.0. The SMILES string of the molecule is CCCN1CCc2c(sc(NC(=O)c3ccc(S(=O)(=O)N(C)c4ccccc4)cc3)c2-c2nc3ccccc3s2)C1. The van der Waals surface area contributed by atoms with Gasteiger partial charge in [0.15, 0.2) is 0 Å². The number of hydrogen-bond acceptors (Lipinski definition) is 7. The van der Waals surface area contributed by atoms with Gasteiger partial charge in [-0.05, 0) is 73.5 Å². The molecule has 0 unspecified atom stereocenters. The van der Waals surface area contributed by atoms with Crippen molar-refractivity contribution in [1.29, 1.82) is 0 Å². The zero-order chi connectivity index (χ0) is 28.6. The number of nitrogens with zero attached hydrogens (tertiary/aromatic N) is 3. The van der Waals surface area contributed by atoms with Crippen LogP contribution >= 0.6 is 22.7 Å². The third-order valence-corrected chi connectivity index (χ3v) is 11.3. The number of thiazole rings is 1. The zero-order valence-corrected chi connectivity index (χ0v) is 25.3. The maximum atomic E-state index is 13.5. The van der Waals surface area contributed by atoms with Crippen LogP contribution in [0.4, 0.5) is 10.7 Å². The highest BCUT2D eigenvalue weighted by Gasteiger charge is 2.28. The van der Waals surface area contributed by atoms with Crippen LogP contribution in [-0.2, 0) is 23.0 Å². The minimum atomic E-state index is -3.77. The quantitative estimate of drug-likeness (QED) is 0.210. The molecule has 0 radical (unpaired) electrons. The Morgan fingerprint density at radius 1 is 1.00 bits per heavy atom. The van der Waals surface area contributed by atoms with E-state index < -0.39 is 10.0 Å². The topological polar surface area (TPSA) is 82.6 Å². The molecule has 0 bridgehead atoms. The van der Waals surface area contributed by atoms with Gasteiger partial charge in [0.2, 0.25) is 0 Å². The number of aromatic nitrogens is 1. The molecule has 0 fully saturated rings. The van der Waals surface area contributed by atoms with E-state index in [-0.39, 0.29) is 10.8 Å². The molecule has 0 saturated heterocycles. The van der Waals surface area contributed by atoms with Crippen LogP contribution < -0.4 is 9.62 Å². The summed E-state index contributed by atoms with van der Waals surface area (Å²) in [5, 5.41) is 4.85. The summed E-state index contributed by atoms with van der Waals surface area (Å²) in [7, 11) is -2.25. The van der Waals surface area contributed by atoms with Gasteiger partial charge in [0.05, 0.1) is 20.8 Å². The molecular formula is C31H30N4O3S3. The van der Waals surface area contributed by atoms with Crippen LogP contribution in [0.3, 0.4) is 0 Å². The van der Waals surface area contributed by atoms with Gasteiger partial charge in [-0.2, -0.15) is 0 Å². The molecule has 3 aromatic carbocycles. The first-order valence-electron chi connectivity index (χ1n) is 13.5. The summed E-state index contributed by atoms with van der Waals surface area (Å²) in [4.78, 5) is 22.2. The van der Waals surface area contributed by atoms with Crippen LogP contribution in [-0.4, -0.2) is 44.3 Å². The molecule has 0 saturated carbocycles. The van der Waals surface area contributed by atoms with Crippen molar-refractivity contribution in [2.24, 2.45) is 0 Å². The van der Waals surface area contributed by atoms with E-state index in [2.05, 4.69) is 23.2 Å². The molecule has 10 heteroatoms. The molecule has 41 heavy (non-hydrogen) atoms. The summed E-state index contributed by atoms with van der Waals surface area (Å²) in [5.74, 6) is -0.281. The maximum Gasteiger partial charge on any atom is 0.264 e. The molecule has 1 aliphatic heterocycles. The predicted octanol–water partition coefficient (Wildman–Crippen LogP) is 6.87. The van der Waals surface area contributed by atoms with Crippen LogP contribution in [0.5, 0.6) is 0 Å². The zero-order valence-electron chi connectivity index (χ0n) is 22.8. The Bertz CT molecular complexity index is 1780. The second kappa shape index (κ2) is 11.4. The molecule has 2 aromatic heterocycles. The summed E-state index contributed by atoms with van der Waals surface area (Å²) in [6, 6.07) is 23.1. The molecule has 0 aliphatic carbocycles. The Kier molecular flexibility index (Phi) is 7.65. The minimum Gasteiger partial charge on any atom is -0.313 e. The van der Waals surface area contributed by atoms with Gasteiger partial charge in [-0.3, -0.25) is 14.0 Å². The number of carbonyl (C=O) groups is 1.